The Hall–Kier alpha value is -3.34. The Kier molecular flexibility index (Phi) is 6.05. The van der Waals surface area contributed by atoms with Crippen molar-refractivity contribution in [2.24, 2.45) is 0 Å². The van der Waals surface area contributed by atoms with Crippen molar-refractivity contribution in [3.63, 3.8) is 0 Å². The van der Waals surface area contributed by atoms with Crippen LogP contribution in [0.25, 0.3) is 0 Å². The summed E-state index contributed by atoms with van der Waals surface area (Å²) in [7, 11) is 0. The number of pyridine rings is 1. The van der Waals surface area contributed by atoms with Gasteiger partial charge in [-0.1, -0.05) is 42.5 Å². The van der Waals surface area contributed by atoms with Gasteiger partial charge in [0.05, 0.1) is 0 Å². The maximum absolute atomic E-state index is 12.7. The molecule has 29 heavy (non-hydrogen) atoms. The Bertz CT molecular complexity index is 945. The number of hydrogen-bond donors (Lipinski definition) is 1. The maximum atomic E-state index is 12.7. The summed E-state index contributed by atoms with van der Waals surface area (Å²) in [5.74, 6) is 1.48. The van der Waals surface area contributed by atoms with Gasteiger partial charge in [0.1, 0.15) is 0 Å². The van der Waals surface area contributed by atoms with Crippen molar-refractivity contribution < 1.29 is 14.3 Å². The predicted molar refractivity (Wildman–Crippen MR) is 111 cm³/mol. The van der Waals surface area contributed by atoms with E-state index in [9.17, 15) is 4.79 Å². The number of nitrogens with one attached hydrogen (secondary N) is 1. The number of fused-ring (bicyclic) bond motifs is 1. The summed E-state index contributed by atoms with van der Waals surface area (Å²) in [5.41, 5.74) is 3.20. The van der Waals surface area contributed by atoms with Gasteiger partial charge in [0.25, 0.3) is 0 Å². The van der Waals surface area contributed by atoms with Crippen LogP contribution >= 0.6 is 0 Å². The lowest BCUT2D eigenvalue weighted by atomic mass is 9.88. The smallest absolute Gasteiger partial charge is 0.231 e. The molecule has 4 rings (SSSR count). The van der Waals surface area contributed by atoms with Crippen molar-refractivity contribution in [1.82, 2.24) is 10.3 Å². The van der Waals surface area contributed by atoms with E-state index in [1.54, 1.807) is 6.20 Å². The molecule has 2 heterocycles. The van der Waals surface area contributed by atoms with E-state index in [1.165, 1.54) is 0 Å². The summed E-state index contributed by atoms with van der Waals surface area (Å²) in [6.45, 7) is 0.879. The van der Waals surface area contributed by atoms with Crippen molar-refractivity contribution in [2.75, 3.05) is 13.3 Å². The fraction of sp³-hybridized carbons (Fsp3) is 0.250. The van der Waals surface area contributed by atoms with E-state index >= 15 is 0 Å². The number of aryl methyl sites for hydroxylation is 1. The molecule has 0 fully saturated rings. The Balaban J connectivity index is 1.40. The molecule has 3 aromatic rings. The average molecular weight is 388 g/mol. The number of hydrogen-bond acceptors (Lipinski definition) is 4. The van der Waals surface area contributed by atoms with E-state index in [2.05, 4.69) is 22.4 Å². The van der Waals surface area contributed by atoms with Crippen molar-refractivity contribution in [3.05, 3.63) is 89.7 Å². The monoisotopic (exact) mass is 388 g/mol. The van der Waals surface area contributed by atoms with Crippen molar-refractivity contribution in [2.45, 2.75) is 25.2 Å². The van der Waals surface area contributed by atoms with Crippen LogP contribution < -0.4 is 14.8 Å². The van der Waals surface area contributed by atoms with Crippen LogP contribution in [0.15, 0.2) is 72.9 Å². The quantitative estimate of drug-likeness (QED) is 0.591. The molecule has 0 saturated heterocycles. The molecule has 1 aliphatic heterocycles. The molecular weight excluding hydrogens is 364 g/mol. The predicted octanol–water partition coefficient (Wildman–Crippen LogP) is 4.08. The normalized spacial score (nSPS) is 13.1. The van der Waals surface area contributed by atoms with Crippen LogP contribution in [0.3, 0.4) is 0 Å². The van der Waals surface area contributed by atoms with E-state index in [0.717, 1.165) is 41.2 Å². The van der Waals surface area contributed by atoms with Gasteiger partial charge in [-0.3, -0.25) is 9.78 Å². The lowest BCUT2D eigenvalue weighted by Gasteiger charge is -2.18. The highest BCUT2D eigenvalue weighted by Crippen LogP contribution is 2.37. The molecular formula is C24H24N2O3. The highest BCUT2D eigenvalue weighted by Gasteiger charge is 2.21. The van der Waals surface area contributed by atoms with Crippen LogP contribution in [-0.2, 0) is 11.2 Å². The first-order valence-corrected chi connectivity index (χ1v) is 9.91. The molecule has 1 atom stereocenters. The van der Waals surface area contributed by atoms with Crippen LogP contribution in [0.5, 0.6) is 11.5 Å². The summed E-state index contributed by atoms with van der Waals surface area (Å²) in [6, 6.07) is 21.9. The highest BCUT2D eigenvalue weighted by molar-refractivity contribution is 5.77. The molecule has 0 aliphatic carbocycles. The first-order valence-electron chi connectivity index (χ1n) is 9.91. The lowest BCUT2D eigenvalue weighted by molar-refractivity contribution is -0.121. The average Bonchev–Trinajstić information content (AvgIpc) is 3.24. The van der Waals surface area contributed by atoms with Crippen molar-refractivity contribution >= 4 is 5.91 Å². The summed E-state index contributed by atoms with van der Waals surface area (Å²) >= 11 is 0. The number of ether oxygens (including phenoxy) is 2. The third kappa shape index (κ3) is 4.93. The van der Waals surface area contributed by atoms with Crippen molar-refractivity contribution in [3.8, 4) is 11.5 Å². The molecule has 1 N–H and O–H groups in total. The van der Waals surface area contributed by atoms with E-state index in [0.29, 0.717) is 13.0 Å². The number of carbonyl (C=O) groups excluding carboxylic acids is 1. The Morgan fingerprint density at radius 3 is 2.62 bits per heavy atom. The molecule has 2 aromatic carbocycles. The zero-order chi connectivity index (χ0) is 19.9. The van der Waals surface area contributed by atoms with Gasteiger partial charge < -0.3 is 14.8 Å². The topological polar surface area (TPSA) is 60.5 Å². The minimum Gasteiger partial charge on any atom is -0.454 e. The fourth-order valence-corrected chi connectivity index (χ4v) is 3.54. The van der Waals surface area contributed by atoms with Gasteiger partial charge in [0.2, 0.25) is 12.7 Å². The third-order valence-electron chi connectivity index (χ3n) is 5.05. The standard InChI is InChI=1S/C24H24N2O3/c27-24(26-14-6-10-20-9-4-5-13-25-20)16-21(18-7-2-1-3-8-18)19-11-12-22-23(15-19)29-17-28-22/h1-5,7-9,11-13,15,21H,6,10,14,16-17H2,(H,26,27)/t21-/m1/s1. The highest BCUT2D eigenvalue weighted by atomic mass is 16.7. The van der Waals surface area contributed by atoms with E-state index < -0.39 is 0 Å². The van der Waals surface area contributed by atoms with E-state index in [4.69, 9.17) is 9.47 Å². The minimum atomic E-state index is -0.0403. The van der Waals surface area contributed by atoms with Gasteiger partial charge in [0, 0.05) is 30.8 Å². The SMILES string of the molecule is O=C(C[C@H](c1ccccc1)c1ccc2c(c1)OCO2)NCCCc1ccccn1. The number of nitrogens with zero attached hydrogens (tertiary/aromatic N) is 1. The van der Waals surface area contributed by atoms with Gasteiger partial charge >= 0.3 is 0 Å². The third-order valence-corrected chi connectivity index (χ3v) is 5.05. The molecule has 1 aromatic heterocycles. The number of carbonyl (C=O) groups is 1. The van der Waals surface area contributed by atoms with Crippen molar-refractivity contribution in [1.29, 1.82) is 0 Å². The zero-order valence-electron chi connectivity index (χ0n) is 16.2. The Morgan fingerprint density at radius 1 is 0.966 bits per heavy atom. The summed E-state index contributed by atoms with van der Waals surface area (Å²) < 4.78 is 10.9. The maximum Gasteiger partial charge on any atom is 0.231 e. The van der Waals surface area contributed by atoms with E-state index in [-0.39, 0.29) is 18.6 Å². The number of aromatic nitrogens is 1. The van der Waals surface area contributed by atoms with Crippen LogP contribution in [-0.4, -0.2) is 24.2 Å². The van der Waals surface area contributed by atoms with Gasteiger partial charge in [-0.2, -0.15) is 0 Å². The second kappa shape index (κ2) is 9.24. The molecule has 1 amide bonds. The fourth-order valence-electron chi connectivity index (χ4n) is 3.54. The minimum absolute atomic E-state index is 0.0394. The Morgan fingerprint density at radius 2 is 1.79 bits per heavy atom. The molecule has 5 heteroatoms. The van der Waals surface area contributed by atoms with Crippen LogP contribution in [0, 0.1) is 0 Å². The molecule has 0 saturated carbocycles. The number of benzene rings is 2. The molecule has 0 spiro atoms. The number of amides is 1. The van der Waals surface area contributed by atoms with Gasteiger partial charge in [-0.15, -0.1) is 0 Å². The van der Waals surface area contributed by atoms with E-state index in [1.807, 2.05) is 54.6 Å². The molecule has 1 aliphatic rings. The first-order chi connectivity index (χ1) is 14.3. The van der Waals surface area contributed by atoms with Gasteiger partial charge in [-0.25, -0.2) is 0 Å². The largest absolute Gasteiger partial charge is 0.454 e. The summed E-state index contributed by atoms with van der Waals surface area (Å²) in [4.78, 5) is 17.0. The second-order valence-corrected chi connectivity index (χ2v) is 7.05. The number of rotatable bonds is 8. The molecule has 0 radical (unpaired) electrons. The van der Waals surface area contributed by atoms with Crippen LogP contribution in [0.4, 0.5) is 0 Å². The second-order valence-electron chi connectivity index (χ2n) is 7.05. The first kappa shape index (κ1) is 19.0. The lowest BCUT2D eigenvalue weighted by Crippen LogP contribution is -2.26. The molecule has 5 nitrogen and oxygen atoms in total. The zero-order valence-corrected chi connectivity index (χ0v) is 16.2. The summed E-state index contributed by atoms with van der Waals surface area (Å²) in [5, 5.41) is 3.05. The summed E-state index contributed by atoms with van der Waals surface area (Å²) in [6.07, 6.45) is 3.89. The van der Waals surface area contributed by atoms with Crippen LogP contribution in [0.1, 0.15) is 35.6 Å². The molecule has 0 bridgehead atoms. The Labute approximate surface area is 170 Å². The van der Waals surface area contributed by atoms with Gasteiger partial charge in [0.15, 0.2) is 11.5 Å². The molecule has 148 valence electrons. The van der Waals surface area contributed by atoms with Crippen LogP contribution in [0.2, 0.25) is 0 Å². The molecule has 0 unspecified atom stereocenters. The van der Waals surface area contributed by atoms with Gasteiger partial charge in [-0.05, 0) is 48.2 Å².